The van der Waals surface area contributed by atoms with Crippen molar-refractivity contribution >= 4 is 57.7 Å². The summed E-state index contributed by atoms with van der Waals surface area (Å²) in [7, 11) is 0. The second-order valence-electron chi connectivity index (χ2n) is 16.5. The minimum atomic E-state index is -1.09. The van der Waals surface area contributed by atoms with Gasteiger partial charge in [0.05, 0.1) is 34.9 Å². The number of ether oxygens (including phenoxy) is 3. The topological polar surface area (TPSA) is 204 Å². The highest BCUT2D eigenvalue weighted by Crippen LogP contribution is 2.48. The normalized spacial score (nSPS) is 19.0. The quantitative estimate of drug-likeness (QED) is 0.0474. The minimum Gasteiger partial charge on any atom is -0.444 e. The van der Waals surface area contributed by atoms with Crippen molar-refractivity contribution in [1.82, 2.24) is 19.5 Å². The number of amides is 2. The molecule has 1 aliphatic rings. The molecule has 3 heterocycles. The first-order valence-corrected chi connectivity index (χ1v) is 20.6. The molecule has 15 heteroatoms. The van der Waals surface area contributed by atoms with E-state index in [1.54, 1.807) is 51.2 Å². The van der Waals surface area contributed by atoms with Gasteiger partial charge in [-0.1, -0.05) is 94.4 Å². The Morgan fingerprint density at radius 3 is 2.19 bits per heavy atom. The highest BCUT2D eigenvalue weighted by Gasteiger charge is 2.50. The number of pyridine rings is 1. The van der Waals surface area contributed by atoms with Gasteiger partial charge in [-0.3, -0.25) is 20.2 Å². The molecule has 62 heavy (non-hydrogen) atoms. The number of fused-ring (bicyclic) bond motifs is 2. The van der Waals surface area contributed by atoms with E-state index in [0.717, 1.165) is 27.6 Å². The lowest BCUT2D eigenvalue weighted by Gasteiger charge is -2.28. The van der Waals surface area contributed by atoms with Crippen LogP contribution in [-0.2, 0) is 49.9 Å². The molecular weight excluding hydrogens is 793 g/mol. The van der Waals surface area contributed by atoms with E-state index in [9.17, 15) is 29.4 Å². The van der Waals surface area contributed by atoms with Crippen LogP contribution in [0.3, 0.4) is 0 Å². The Hall–Kier alpha value is -6.71. The maximum Gasteiger partial charge on any atom is 0.413 e. The van der Waals surface area contributed by atoms with Gasteiger partial charge in [-0.05, 0) is 77.6 Å². The molecule has 0 saturated heterocycles. The van der Waals surface area contributed by atoms with Gasteiger partial charge in [0.1, 0.15) is 42.9 Å². The first kappa shape index (κ1) is 43.4. The van der Waals surface area contributed by atoms with Gasteiger partial charge in [-0.25, -0.2) is 24.5 Å². The number of hydrogen-bond acceptors (Lipinski definition) is 12. The second kappa shape index (κ2) is 18.9. The van der Waals surface area contributed by atoms with Crippen LogP contribution in [0.2, 0.25) is 0 Å². The zero-order chi connectivity index (χ0) is 44.0. The molecule has 0 aliphatic heterocycles. The number of aryl methyl sites for hydroxylation is 1. The standard InChI is InChI=1S/C47H50N6O9/c1-28(2)43(56)62-44(57)29(3)22-30-10-12-33(13-11-30)26-61-46(59)52-41-35-19-21-53(42(35)49-27-48-41)37-24-47(4,40(55)39(37)54)20-18-31-14-15-34-16-17-38(50-36(34)23-31)51-45(58)60-25-32-8-6-5-7-9-32/h5-17,19,21,23,27-29,37,39-40,54-55H,18,20,22,24-26H2,1-4H3,(H,50,51,58)(H,48,49,52,59)/t29?,37-,39+,40+,47+/m1/s1. The minimum absolute atomic E-state index is 0.0213. The van der Waals surface area contributed by atoms with Crippen LogP contribution in [-0.4, -0.2) is 66.1 Å². The fourth-order valence-electron chi connectivity index (χ4n) is 7.68. The number of nitrogens with one attached hydrogen (secondary N) is 2. The fraction of sp³-hybridized carbons (Fsp3) is 0.340. The molecule has 1 unspecified atom stereocenters. The van der Waals surface area contributed by atoms with Crippen molar-refractivity contribution in [3.05, 3.63) is 126 Å². The predicted octanol–water partition coefficient (Wildman–Crippen LogP) is 7.69. The summed E-state index contributed by atoms with van der Waals surface area (Å²) in [5.74, 6) is -1.44. The molecule has 2 amide bonds. The van der Waals surface area contributed by atoms with E-state index < -0.39 is 59.6 Å². The van der Waals surface area contributed by atoms with Gasteiger partial charge in [0.25, 0.3) is 0 Å². The number of nitrogens with zero attached hydrogens (tertiary/aromatic N) is 4. The van der Waals surface area contributed by atoms with Gasteiger partial charge in [0.2, 0.25) is 0 Å². The van der Waals surface area contributed by atoms with Gasteiger partial charge in [-0.15, -0.1) is 0 Å². The number of anilines is 2. The number of rotatable bonds is 14. The molecule has 7 rings (SSSR count). The Balaban J connectivity index is 0.933. The van der Waals surface area contributed by atoms with Crippen LogP contribution in [0.15, 0.2) is 104 Å². The molecule has 3 aromatic carbocycles. The molecule has 1 saturated carbocycles. The highest BCUT2D eigenvalue weighted by atomic mass is 16.6. The number of carbonyl (C=O) groups excluding carboxylic acids is 4. The molecule has 0 bridgehead atoms. The molecule has 0 spiro atoms. The second-order valence-corrected chi connectivity index (χ2v) is 16.5. The summed E-state index contributed by atoms with van der Waals surface area (Å²) in [6, 6.07) is 27.4. The number of aromatic nitrogens is 4. The molecule has 322 valence electrons. The highest BCUT2D eigenvalue weighted by molar-refractivity contribution is 5.96. The van der Waals surface area contributed by atoms with E-state index in [2.05, 4.69) is 25.6 Å². The maximum absolute atomic E-state index is 12.9. The Bertz CT molecular complexity index is 2560. The molecular formula is C47H50N6O9. The summed E-state index contributed by atoms with van der Waals surface area (Å²) < 4.78 is 17.6. The molecule has 1 aliphatic carbocycles. The average Bonchev–Trinajstić information content (AvgIpc) is 3.80. The largest absolute Gasteiger partial charge is 0.444 e. The molecule has 0 radical (unpaired) electrons. The van der Waals surface area contributed by atoms with E-state index >= 15 is 0 Å². The SMILES string of the molecule is CC(C)C(=O)OC(=O)C(C)Cc1ccc(COC(=O)Nc2ncnc3c2ccn3[C@@H]2C[C@](C)(CCc3ccc4ccc(NC(=O)OCc5ccccc5)nc4c3)[C@@H](O)[C@H]2O)cc1. The van der Waals surface area contributed by atoms with Crippen LogP contribution in [0.5, 0.6) is 0 Å². The van der Waals surface area contributed by atoms with E-state index in [1.165, 1.54) is 6.33 Å². The van der Waals surface area contributed by atoms with Crippen molar-refractivity contribution in [1.29, 1.82) is 0 Å². The van der Waals surface area contributed by atoms with Crippen LogP contribution in [0, 0.1) is 17.3 Å². The van der Waals surface area contributed by atoms with Crippen molar-refractivity contribution < 1.29 is 43.6 Å². The van der Waals surface area contributed by atoms with Crippen molar-refractivity contribution in [3.63, 3.8) is 0 Å². The van der Waals surface area contributed by atoms with Gasteiger partial charge < -0.3 is 29.0 Å². The number of aliphatic hydroxyl groups is 2. The number of carbonyl (C=O) groups is 4. The van der Waals surface area contributed by atoms with Crippen LogP contribution >= 0.6 is 0 Å². The number of hydrogen-bond donors (Lipinski definition) is 4. The third kappa shape index (κ3) is 10.2. The summed E-state index contributed by atoms with van der Waals surface area (Å²) >= 11 is 0. The lowest BCUT2D eigenvalue weighted by atomic mass is 9.80. The predicted molar refractivity (Wildman–Crippen MR) is 231 cm³/mol. The maximum atomic E-state index is 12.9. The van der Waals surface area contributed by atoms with Crippen molar-refractivity contribution in [2.24, 2.45) is 17.3 Å². The van der Waals surface area contributed by atoms with Crippen LogP contribution in [0.4, 0.5) is 21.2 Å². The summed E-state index contributed by atoms with van der Waals surface area (Å²) in [6.45, 7) is 7.12. The number of esters is 2. The van der Waals surface area contributed by atoms with Gasteiger partial charge in [0.15, 0.2) is 0 Å². The molecule has 3 aromatic heterocycles. The Morgan fingerprint density at radius 2 is 1.47 bits per heavy atom. The number of aliphatic hydroxyl groups excluding tert-OH is 2. The van der Waals surface area contributed by atoms with Gasteiger partial charge >= 0.3 is 24.1 Å². The fourth-order valence-corrected chi connectivity index (χ4v) is 7.68. The van der Waals surface area contributed by atoms with Crippen molar-refractivity contribution in [3.8, 4) is 0 Å². The van der Waals surface area contributed by atoms with Crippen LogP contribution in [0.25, 0.3) is 21.9 Å². The molecule has 15 nitrogen and oxygen atoms in total. The average molecular weight is 843 g/mol. The zero-order valence-corrected chi connectivity index (χ0v) is 35.0. The Morgan fingerprint density at radius 1 is 0.806 bits per heavy atom. The van der Waals surface area contributed by atoms with Crippen LogP contribution < -0.4 is 10.6 Å². The lowest BCUT2D eigenvalue weighted by Crippen LogP contribution is -2.35. The van der Waals surface area contributed by atoms with Gasteiger partial charge in [0, 0.05) is 11.6 Å². The Kier molecular flexibility index (Phi) is 13.2. The van der Waals surface area contributed by atoms with Crippen molar-refractivity contribution in [2.45, 2.75) is 84.8 Å². The summed E-state index contributed by atoms with van der Waals surface area (Å²) in [4.78, 5) is 62.8. The van der Waals surface area contributed by atoms with Crippen LogP contribution in [0.1, 0.15) is 68.8 Å². The third-order valence-corrected chi connectivity index (χ3v) is 11.4. The lowest BCUT2D eigenvalue weighted by molar-refractivity contribution is -0.164. The number of benzene rings is 3. The summed E-state index contributed by atoms with van der Waals surface area (Å²) in [6.07, 6.45) is 1.66. The molecule has 5 atom stereocenters. The van der Waals surface area contributed by atoms with E-state index in [4.69, 9.17) is 14.2 Å². The first-order chi connectivity index (χ1) is 29.8. The first-order valence-electron chi connectivity index (χ1n) is 20.6. The molecule has 1 fully saturated rings. The molecule has 4 N–H and O–H groups in total. The summed E-state index contributed by atoms with van der Waals surface area (Å²) in [5, 5.41) is 29.7. The summed E-state index contributed by atoms with van der Waals surface area (Å²) in [5.41, 5.74) is 3.98. The smallest absolute Gasteiger partial charge is 0.413 e. The monoisotopic (exact) mass is 842 g/mol. The van der Waals surface area contributed by atoms with E-state index in [-0.39, 0.29) is 19.0 Å². The zero-order valence-electron chi connectivity index (χ0n) is 35.0. The third-order valence-electron chi connectivity index (χ3n) is 11.4. The van der Waals surface area contributed by atoms with E-state index in [1.807, 2.05) is 78.2 Å². The Labute approximate surface area is 358 Å². The van der Waals surface area contributed by atoms with Crippen molar-refractivity contribution in [2.75, 3.05) is 10.6 Å². The van der Waals surface area contributed by atoms with Gasteiger partial charge in [-0.2, -0.15) is 0 Å². The molecule has 6 aromatic rings. The van der Waals surface area contributed by atoms with E-state index in [0.29, 0.717) is 48.1 Å².